The van der Waals surface area contributed by atoms with Gasteiger partial charge in [0, 0.05) is 18.8 Å². The van der Waals surface area contributed by atoms with Gasteiger partial charge < -0.3 is 10.2 Å². The van der Waals surface area contributed by atoms with Gasteiger partial charge in [-0.05, 0) is 97.5 Å². The molecule has 1 N–H and O–H groups in total. The first-order chi connectivity index (χ1) is 16.2. The fourth-order valence-corrected chi connectivity index (χ4v) is 5.20. The molecule has 0 spiro atoms. The predicted octanol–water partition coefficient (Wildman–Crippen LogP) is 6.70. The van der Waals surface area contributed by atoms with Crippen molar-refractivity contribution in [1.82, 2.24) is 5.32 Å². The van der Waals surface area contributed by atoms with E-state index in [-0.39, 0.29) is 0 Å². The normalized spacial score (nSPS) is 15.3. The second-order valence-corrected chi connectivity index (χ2v) is 9.39. The number of hydrogen-bond acceptors (Lipinski definition) is 2. The van der Waals surface area contributed by atoms with Gasteiger partial charge in [0.2, 0.25) is 0 Å². The lowest BCUT2D eigenvalue weighted by Crippen LogP contribution is -2.25. The van der Waals surface area contributed by atoms with E-state index in [9.17, 15) is 0 Å². The average Bonchev–Trinajstić information content (AvgIpc) is 2.87. The molecule has 2 nitrogen and oxygen atoms in total. The van der Waals surface area contributed by atoms with Crippen LogP contribution in [-0.4, -0.2) is 19.6 Å². The first-order valence-corrected chi connectivity index (χ1v) is 12.9. The van der Waals surface area contributed by atoms with Crippen LogP contribution < -0.4 is 10.2 Å². The highest BCUT2D eigenvalue weighted by molar-refractivity contribution is 5.58. The maximum Gasteiger partial charge on any atom is 0.0429 e. The third kappa shape index (κ3) is 5.86. The number of fused-ring (bicyclic) bond motifs is 1. The van der Waals surface area contributed by atoms with Crippen molar-refractivity contribution < 1.29 is 0 Å². The molecule has 3 aromatic rings. The third-order valence-corrected chi connectivity index (χ3v) is 7.25. The molecule has 0 radical (unpaired) electrons. The van der Waals surface area contributed by atoms with Crippen molar-refractivity contribution in [2.45, 2.75) is 65.3 Å². The minimum Gasteiger partial charge on any atom is -0.367 e. The van der Waals surface area contributed by atoms with E-state index in [4.69, 9.17) is 0 Å². The van der Waals surface area contributed by atoms with Gasteiger partial charge >= 0.3 is 0 Å². The van der Waals surface area contributed by atoms with E-state index in [2.05, 4.69) is 97.7 Å². The molecule has 2 heteroatoms. The Labute approximate surface area is 201 Å². The van der Waals surface area contributed by atoms with Gasteiger partial charge in [0.15, 0.2) is 0 Å². The molecule has 1 atom stereocenters. The first-order valence-electron chi connectivity index (χ1n) is 12.9. The Morgan fingerprint density at radius 1 is 0.848 bits per heavy atom. The predicted molar refractivity (Wildman–Crippen MR) is 142 cm³/mol. The molecule has 0 aromatic heterocycles. The van der Waals surface area contributed by atoms with Crippen molar-refractivity contribution in [2.24, 2.45) is 0 Å². The van der Waals surface area contributed by atoms with Crippen LogP contribution in [0.5, 0.6) is 0 Å². The quantitative estimate of drug-likeness (QED) is 0.353. The minimum absolute atomic E-state index is 0.600. The second-order valence-electron chi connectivity index (χ2n) is 9.39. The number of anilines is 1. The molecule has 174 valence electrons. The summed E-state index contributed by atoms with van der Waals surface area (Å²) in [6.07, 6.45) is 5.77. The summed E-state index contributed by atoms with van der Waals surface area (Å²) in [5.74, 6) is 0.600. The van der Waals surface area contributed by atoms with Crippen molar-refractivity contribution in [3.63, 3.8) is 0 Å². The number of nitrogens with zero attached hydrogens (tertiary/aromatic N) is 1. The van der Waals surface area contributed by atoms with E-state index in [0.717, 1.165) is 45.4 Å². The molecule has 1 unspecified atom stereocenters. The summed E-state index contributed by atoms with van der Waals surface area (Å²) in [5, 5.41) is 3.42. The van der Waals surface area contributed by atoms with Crippen LogP contribution in [-0.2, 0) is 32.2 Å². The molecule has 0 saturated heterocycles. The molecule has 0 aliphatic heterocycles. The molecule has 0 saturated carbocycles. The fourth-order valence-electron chi connectivity index (χ4n) is 5.20. The molecular formula is C31H40N2. The lowest BCUT2D eigenvalue weighted by Gasteiger charge is -2.32. The fraction of sp³-hybridized carbons (Fsp3) is 0.419. The van der Waals surface area contributed by atoms with Crippen molar-refractivity contribution in [3.05, 3.63) is 100 Å². The standard InChI is InChI=1S/C31H40N2/c1-4-24-15-18-30(29-17-16-27-9-7-8-10-28(27)22-29)31(21-24)33(6-3)23-26-13-11-25(12-14-26)19-20-32-5-2/h7-15,18,21,29,32H,4-6,16-17,19-20,22-23H2,1-3H3. The summed E-state index contributed by atoms with van der Waals surface area (Å²) >= 11 is 0. The molecule has 1 aliphatic rings. The van der Waals surface area contributed by atoms with Crippen LogP contribution in [0.4, 0.5) is 5.69 Å². The van der Waals surface area contributed by atoms with Crippen molar-refractivity contribution >= 4 is 5.69 Å². The summed E-state index contributed by atoms with van der Waals surface area (Å²) in [4.78, 5) is 2.59. The Morgan fingerprint density at radius 2 is 1.58 bits per heavy atom. The van der Waals surface area contributed by atoms with E-state index in [1.807, 2.05) is 0 Å². The van der Waals surface area contributed by atoms with Gasteiger partial charge in [0.1, 0.15) is 0 Å². The van der Waals surface area contributed by atoms with E-state index in [1.54, 1.807) is 5.56 Å². The molecule has 0 fully saturated rings. The Balaban J connectivity index is 1.56. The van der Waals surface area contributed by atoms with Gasteiger partial charge in [-0.3, -0.25) is 0 Å². The smallest absolute Gasteiger partial charge is 0.0429 e. The summed E-state index contributed by atoms with van der Waals surface area (Å²) in [6.45, 7) is 10.8. The second kappa shape index (κ2) is 11.5. The van der Waals surface area contributed by atoms with Crippen molar-refractivity contribution in [1.29, 1.82) is 0 Å². The van der Waals surface area contributed by atoms with Crippen LogP contribution in [0.15, 0.2) is 66.7 Å². The van der Waals surface area contributed by atoms with Gasteiger partial charge in [0.25, 0.3) is 0 Å². The Bertz CT molecular complexity index is 1020. The van der Waals surface area contributed by atoms with Crippen LogP contribution in [0.3, 0.4) is 0 Å². The highest BCUT2D eigenvalue weighted by atomic mass is 15.1. The van der Waals surface area contributed by atoms with Crippen LogP contribution in [0.2, 0.25) is 0 Å². The van der Waals surface area contributed by atoms with Gasteiger partial charge in [-0.2, -0.15) is 0 Å². The zero-order valence-corrected chi connectivity index (χ0v) is 20.7. The lowest BCUT2D eigenvalue weighted by molar-refractivity contribution is 0.582. The van der Waals surface area contributed by atoms with Crippen LogP contribution in [0.25, 0.3) is 0 Å². The zero-order chi connectivity index (χ0) is 23.0. The number of benzene rings is 3. The SMILES string of the molecule is CCNCCc1ccc(CN(CC)c2cc(CC)ccc2C2CCc3ccccc3C2)cc1. The molecule has 4 rings (SSSR count). The number of likely N-dealkylation sites (N-methyl/N-ethyl adjacent to an activating group) is 1. The van der Waals surface area contributed by atoms with E-state index < -0.39 is 0 Å². The van der Waals surface area contributed by atoms with Crippen molar-refractivity contribution in [2.75, 3.05) is 24.5 Å². The highest BCUT2D eigenvalue weighted by Gasteiger charge is 2.24. The average molecular weight is 441 g/mol. The summed E-state index contributed by atoms with van der Waals surface area (Å²) < 4.78 is 0. The summed E-state index contributed by atoms with van der Waals surface area (Å²) in [5.41, 5.74) is 10.3. The molecule has 33 heavy (non-hydrogen) atoms. The molecule has 0 amide bonds. The van der Waals surface area contributed by atoms with Crippen LogP contribution >= 0.6 is 0 Å². The highest BCUT2D eigenvalue weighted by Crippen LogP contribution is 2.38. The molecular weight excluding hydrogens is 400 g/mol. The summed E-state index contributed by atoms with van der Waals surface area (Å²) in [6, 6.07) is 25.5. The molecule has 1 aliphatic carbocycles. The van der Waals surface area contributed by atoms with E-state index in [0.29, 0.717) is 5.92 Å². The van der Waals surface area contributed by atoms with Gasteiger partial charge in [-0.1, -0.05) is 74.5 Å². The van der Waals surface area contributed by atoms with Gasteiger partial charge in [0.05, 0.1) is 0 Å². The minimum atomic E-state index is 0.600. The maximum atomic E-state index is 3.42. The molecule has 0 bridgehead atoms. The Morgan fingerprint density at radius 3 is 2.30 bits per heavy atom. The van der Waals surface area contributed by atoms with Gasteiger partial charge in [-0.25, -0.2) is 0 Å². The van der Waals surface area contributed by atoms with Crippen LogP contribution in [0.1, 0.15) is 66.5 Å². The number of hydrogen-bond donors (Lipinski definition) is 1. The number of aryl methyl sites for hydroxylation is 2. The molecule has 3 aromatic carbocycles. The van der Waals surface area contributed by atoms with Crippen molar-refractivity contribution in [3.8, 4) is 0 Å². The monoisotopic (exact) mass is 440 g/mol. The number of nitrogens with one attached hydrogen (secondary N) is 1. The topological polar surface area (TPSA) is 15.3 Å². The third-order valence-electron chi connectivity index (χ3n) is 7.25. The van der Waals surface area contributed by atoms with E-state index >= 15 is 0 Å². The van der Waals surface area contributed by atoms with Crippen LogP contribution in [0, 0.1) is 0 Å². The Hall–Kier alpha value is -2.58. The largest absolute Gasteiger partial charge is 0.367 e. The summed E-state index contributed by atoms with van der Waals surface area (Å²) in [7, 11) is 0. The number of rotatable bonds is 10. The van der Waals surface area contributed by atoms with E-state index in [1.165, 1.54) is 46.3 Å². The van der Waals surface area contributed by atoms with Gasteiger partial charge in [-0.15, -0.1) is 0 Å². The lowest BCUT2D eigenvalue weighted by atomic mass is 9.79. The first kappa shape index (κ1) is 23.6. The molecule has 0 heterocycles. The Kier molecular flexibility index (Phi) is 8.23. The maximum absolute atomic E-state index is 3.42. The zero-order valence-electron chi connectivity index (χ0n) is 20.7.